The summed E-state index contributed by atoms with van der Waals surface area (Å²) in [4.78, 5) is 15.9. The first-order valence-electron chi connectivity index (χ1n) is 22.1. The molecule has 0 saturated carbocycles. The fourth-order valence-electron chi connectivity index (χ4n) is 9.77. The number of hydrogen-bond acceptors (Lipinski definition) is 4. The number of benzene rings is 8. The molecule has 0 amide bonds. The number of nitrogens with zero attached hydrogens (tertiary/aromatic N) is 6. The van der Waals surface area contributed by atoms with Gasteiger partial charge in [-0.1, -0.05) is 189 Å². The second kappa shape index (κ2) is 16.7. The molecule has 0 radical (unpaired) electrons. The Morgan fingerprint density at radius 2 is 1.02 bits per heavy atom. The van der Waals surface area contributed by atoms with E-state index in [-0.39, 0.29) is 0 Å². The van der Waals surface area contributed by atoms with Crippen LogP contribution in [0, 0.1) is 11.3 Å². The van der Waals surface area contributed by atoms with Crippen molar-refractivity contribution in [3.63, 3.8) is 0 Å². The minimum absolute atomic E-state index is 0.482. The maximum absolute atomic E-state index is 9.80. The lowest BCUT2D eigenvalue weighted by Gasteiger charge is -2.37. The van der Waals surface area contributed by atoms with Crippen LogP contribution in [0.25, 0.3) is 72.2 Å². The molecule has 6 heteroatoms. The predicted molar refractivity (Wildman–Crippen MR) is 270 cm³/mol. The summed E-state index contributed by atoms with van der Waals surface area (Å²) in [5, 5.41) is 14.1. The highest BCUT2D eigenvalue weighted by Crippen LogP contribution is 2.45. The summed E-state index contributed by atoms with van der Waals surface area (Å²) < 4.78 is 4.36. The quantitative estimate of drug-likeness (QED) is 0.102. The Kier molecular flexibility index (Phi) is 10.1. The Hall–Kier alpha value is -8.92. The Labute approximate surface area is 383 Å². The van der Waals surface area contributed by atoms with Crippen LogP contribution in [-0.2, 0) is 5.41 Å². The lowest BCUT2D eigenvalue weighted by atomic mass is 9.65. The fraction of sp³-hybridized carbons (Fsp3) is 0.0333. The Morgan fingerprint density at radius 3 is 1.55 bits per heavy atom. The fourth-order valence-corrected chi connectivity index (χ4v) is 9.77. The molecule has 3 aromatic heterocycles. The molecule has 0 saturated heterocycles. The van der Waals surface area contributed by atoms with Gasteiger partial charge in [-0.05, 0) is 71.7 Å². The van der Waals surface area contributed by atoms with Crippen LogP contribution in [0.4, 0.5) is 0 Å². The van der Waals surface area contributed by atoms with E-state index in [0.717, 1.165) is 66.0 Å². The summed E-state index contributed by atoms with van der Waals surface area (Å²) in [6, 6.07) is 74.1. The maximum atomic E-state index is 9.80. The standard InChI is InChI=1S/C60H42N6/c1-3-42(39-48(4-2)65-53-29-17-16-28-51(53)52-38-41(40-61)32-37-56(52)65)57-62-58(64-59(63-57)66-54-30-18-14-26-49(54)50-27-15-19-31-55(50)66)43-33-35-47(36-34-43)60(44-20-8-5-9-21-44,45-22-10-6-11-23-45)46-24-12-7-13-25-46/h3-39H,1H2,2H3/b42-39+,48-4+. The summed E-state index contributed by atoms with van der Waals surface area (Å²) >= 11 is 0. The van der Waals surface area contributed by atoms with E-state index < -0.39 is 5.41 Å². The van der Waals surface area contributed by atoms with Crippen molar-refractivity contribution < 1.29 is 0 Å². The summed E-state index contributed by atoms with van der Waals surface area (Å²) in [7, 11) is 0. The van der Waals surface area contributed by atoms with Crippen molar-refractivity contribution >= 4 is 54.9 Å². The molecule has 312 valence electrons. The van der Waals surface area contributed by atoms with Crippen LogP contribution >= 0.6 is 0 Å². The molecule has 0 bridgehead atoms. The highest BCUT2D eigenvalue weighted by atomic mass is 15.2. The topological polar surface area (TPSA) is 72.3 Å². The highest BCUT2D eigenvalue weighted by molar-refractivity contribution is 6.11. The lowest BCUT2D eigenvalue weighted by molar-refractivity contribution is 0.745. The summed E-state index contributed by atoms with van der Waals surface area (Å²) in [6.07, 6.45) is 5.99. The van der Waals surface area contributed by atoms with Gasteiger partial charge >= 0.3 is 0 Å². The first kappa shape index (κ1) is 39.9. The summed E-state index contributed by atoms with van der Waals surface area (Å²) in [5.74, 6) is 1.51. The van der Waals surface area contributed by atoms with Crippen LogP contribution in [0.5, 0.6) is 0 Å². The van der Waals surface area contributed by atoms with Crippen LogP contribution in [0.3, 0.4) is 0 Å². The van der Waals surface area contributed by atoms with Crippen molar-refractivity contribution in [1.29, 1.82) is 5.26 Å². The number of fused-ring (bicyclic) bond motifs is 6. The molecule has 0 unspecified atom stereocenters. The minimum Gasteiger partial charge on any atom is -0.310 e. The van der Waals surface area contributed by atoms with Gasteiger partial charge in [0.15, 0.2) is 11.6 Å². The van der Waals surface area contributed by atoms with E-state index in [1.54, 1.807) is 0 Å². The van der Waals surface area contributed by atoms with Crippen molar-refractivity contribution in [2.45, 2.75) is 12.3 Å². The molecular formula is C60H42N6. The van der Waals surface area contributed by atoms with Crippen molar-refractivity contribution in [3.8, 4) is 23.4 Å². The number of allylic oxidation sites excluding steroid dienone is 5. The van der Waals surface area contributed by atoms with Crippen LogP contribution in [0.1, 0.15) is 40.6 Å². The predicted octanol–water partition coefficient (Wildman–Crippen LogP) is 14.1. The van der Waals surface area contributed by atoms with Crippen molar-refractivity contribution in [2.24, 2.45) is 0 Å². The molecule has 0 fully saturated rings. The van der Waals surface area contributed by atoms with Gasteiger partial charge in [-0.25, -0.2) is 4.98 Å². The monoisotopic (exact) mass is 846 g/mol. The summed E-state index contributed by atoms with van der Waals surface area (Å²) in [6.45, 7) is 6.35. The third-order valence-electron chi connectivity index (χ3n) is 12.7. The van der Waals surface area contributed by atoms with Gasteiger partial charge in [-0.2, -0.15) is 15.2 Å². The lowest BCUT2D eigenvalue weighted by Crippen LogP contribution is -2.30. The van der Waals surface area contributed by atoms with E-state index in [4.69, 9.17) is 15.0 Å². The highest BCUT2D eigenvalue weighted by Gasteiger charge is 2.38. The van der Waals surface area contributed by atoms with E-state index in [9.17, 15) is 5.26 Å². The SMILES string of the molecule is C=C/C(=C\C(=C/C)n1c2ccccc2c2cc(C#N)ccc21)c1nc(-c2ccc(C(c3ccccc3)(c3ccccc3)c3ccccc3)cc2)nc(-n2c3ccccc3c3ccccc32)n1. The van der Waals surface area contributed by atoms with E-state index in [0.29, 0.717) is 23.2 Å². The van der Waals surface area contributed by atoms with Gasteiger partial charge in [0.25, 0.3) is 0 Å². The van der Waals surface area contributed by atoms with Crippen LogP contribution < -0.4 is 0 Å². The molecule has 0 aliphatic carbocycles. The van der Waals surface area contributed by atoms with E-state index in [1.807, 2.05) is 43.3 Å². The van der Waals surface area contributed by atoms with Gasteiger partial charge in [-0.15, -0.1) is 0 Å². The second-order valence-corrected chi connectivity index (χ2v) is 16.3. The Bertz CT molecular complexity index is 3570. The zero-order chi connectivity index (χ0) is 44.6. The van der Waals surface area contributed by atoms with Gasteiger partial charge in [-0.3, -0.25) is 4.57 Å². The molecule has 11 aromatic rings. The van der Waals surface area contributed by atoms with Crippen molar-refractivity contribution in [3.05, 3.63) is 265 Å². The van der Waals surface area contributed by atoms with Crippen LogP contribution in [0.2, 0.25) is 0 Å². The largest absolute Gasteiger partial charge is 0.310 e. The van der Waals surface area contributed by atoms with Gasteiger partial charge < -0.3 is 4.57 Å². The molecule has 0 spiro atoms. The molecule has 8 aromatic carbocycles. The second-order valence-electron chi connectivity index (χ2n) is 16.3. The normalized spacial score (nSPS) is 12.2. The molecule has 6 nitrogen and oxygen atoms in total. The zero-order valence-corrected chi connectivity index (χ0v) is 36.3. The summed E-state index contributed by atoms with van der Waals surface area (Å²) in [5.41, 5.74) is 11.1. The van der Waals surface area contributed by atoms with Crippen molar-refractivity contribution in [1.82, 2.24) is 24.1 Å². The number of rotatable bonds is 10. The van der Waals surface area contributed by atoms with Gasteiger partial charge in [0, 0.05) is 38.4 Å². The van der Waals surface area contributed by atoms with E-state index >= 15 is 0 Å². The average molecular weight is 847 g/mol. The third kappa shape index (κ3) is 6.53. The first-order valence-corrected chi connectivity index (χ1v) is 22.1. The van der Waals surface area contributed by atoms with Crippen LogP contribution in [0.15, 0.2) is 231 Å². The number of nitriles is 1. The molecule has 11 rings (SSSR count). The van der Waals surface area contributed by atoms with E-state index in [2.05, 4.69) is 210 Å². The zero-order valence-electron chi connectivity index (χ0n) is 36.3. The molecular weight excluding hydrogens is 805 g/mol. The molecule has 0 aliphatic heterocycles. The average Bonchev–Trinajstić information content (AvgIpc) is 3.91. The van der Waals surface area contributed by atoms with Crippen molar-refractivity contribution in [2.75, 3.05) is 0 Å². The minimum atomic E-state index is -0.606. The van der Waals surface area contributed by atoms with Gasteiger partial charge in [0.2, 0.25) is 5.95 Å². The Balaban J connectivity index is 1.12. The molecule has 0 atom stereocenters. The third-order valence-corrected chi connectivity index (χ3v) is 12.7. The molecule has 0 aliphatic rings. The number of hydrogen-bond donors (Lipinski definition) is 0. The first-order chi connectivity index (χ1) is 32.6. The smallest absolute Gasteiger partial charge is 0.238 e. The Morgan fingerprint density at radius 1 is 0.530 bits per heavy atom. The van der Waals surface area contributed by atoms with E-state index in [1.165, 1.54) is 16.7 Å². The number of aromatic nitrogens is 5. The van der Waals surface area contributed by atoms with Gasteiger partial charge in [0.1, 0.15) is 0 Å². The molecule has 0 N–H and O–H groups in total. The molecule has 66 heavy (non-hydrogen) atoms. The molecule has 3 heterocycles. The maximum Gasteiger partial charge on any atom is 0.238 e. The van der Waals surface area contributed by atoms with Crippen LogP contribution in [-0.4, -0.2) is 24.1 Å². The van der Waals surface area contributed by atoms with Gasteiger partial charge in [0.05, 0.1) is 39.1 Å². The number of para-hydroxylation sites is 3.